The molecular formula is C39H30N4. The van der Waals surface area contributed by atoms with Crippen LogP contribution in [0, 0.1) is 6.92 Å². The molecule has 0 spiro atoms. The summed E-state index contributed by atoms with van der Waals surface area (Å²) in [4.78, 5) is 15.4. The van der Waals surface area contributed by atoms with Gasteiger partial charge in [-0.2, -0.15) is 9.97 Å². The van der Waals surface area contributed by atoms with Gasteiger partial charge in [-0.15, -0.1) is 0 Å². The summed E-state index contributed by atoms with van der Waals surface area (Å²) >= 11 is 0. The Hall–Kier alpha value is -5.35. The van der Waals surface area contributed by atoms with Crippen LogP contribution in [-0.2, 0) is 0 Å². The summed E-state index contributed by atoms with van der Waals surface area (Å²) < 4.78 is 2.29. The maximum absolute atomic E-state index is 5.19. The van der Waals surface area contributed by atoms with Crippen molar-refractivity contribution in [2.45, 2.75) is 26.7 Å². The topological polar surface area (TPSA) is 43.6 Å². The van der Waals surface area contributed by atoms with Crippen molar-refractivity contribution in [3.05, 3.63) is 138 Å². The fourth-order valence-electron chi connectivity index (χ4n) is 6.52. The Morgan fingerprint density at radius 3 is 1.91 bits per heavy atom. The lowest BCUT2D eigenvalue weighted by Gasteiger charge is -2.17. The van der Waals surface area contributed by atoms with E-state index in [4.69, 9.17) is 15.0 Å². The van der Waals surface area contributed by atoms with Crippen LogP contribution in [0.2, 0.25) is 0 Å². The molecule has 1 aliphatic rings. The quantitative estimate of drug-likeness (QED) is 0.217. The monoisotopic (exact) mass is 554 g/mol. The smallest absolute Gasteiger partial charge is 0.238 e. The molecule has 0 unspecified atom stereocenters. The van der Waals surface area contributed by atoms with E-state index < -0.39 is 0 Å². The highest BCUT2D eigenvalue weighted by atomic mass is 15.2. The van der Waals surface area contributed by atoms with E-state index in [1.54, 1.807) is 0 Å². The molecule has 43 heavy (non-hydrogen) atoms. The molecule has 0 radical (unpaired) electrons. The Morgan fingerprint density at radius 2 is 1.21 bits per heavy atom. The highest BCUT2D eigenvalue weighted by Gasteiger charge is 2.22. The molecule has 5 aromatic carbocycles. The van der Waals surface area contributed by atoms with Crippen LogP contribution in [0.3, 0.4) is 0 Å². The number of aryl methyl sites for hydroxylation is 1. The summed E-state index contributed by atoms with van der Waals surface area (Å²) in [6.45, 7) is 4.51. The predicted octanol–water partition coefficient (Wildman–Crippen LogP) is 9.89. The van der Waals surface area contributed by atoms with Crippen LogP contribution in [-0.4, -0.2) is 19.5 Å². The Bertz CT molecular complexity index is 2180. The van der Waals surface area contributed by atoms with Gasteiger partial charge in [0.15, 0.2) is 11.6 Å². The highest BCUT2D eigenvalue weighted by molar-refractivity contribution is 6.19. The van der Waals surface area contributed by atoms with Crippen LogP contribution >= 0.6 is 0 Å². The molecule has 0 saturated heterocycles. The summed E-state index contributed by atoms with van der Waals surface area (Å²) in [5.74, 6) is 1.93. The molecule has 7 aromatic rings. The first-order valence-electron chi connectivity index (χ1n) is 14.9. The lowest BCUT2D eigenvalue weighted by atomic mass is 9.90. The molecular weight excluding hydrogens is 524 g/mol. The van der Waals surface area contributed by atoms with Gasteiger partial charge in [0.2, 0.25) is 5.95 Å². The van der Waals surface area contributed by atoms with Gasteiger partial charge >= 0.3 is 0 Å². The molecule has 0 amide bonds. The number of aromatic nitrogens is 4. The Kier molecular flexibility index (Phi) is 6.00. The standard InChI is InChI=1S/C39H30N4/c1-25-13-9-11-19-30(25)31-23-24-33-34-22-21-27-14-10-12-20-32(27)36(34)43(35(33)26(31)2)39-41-37(28-15-5-3-6-16-28)40-38(42-39)29-17-7-4-8-18-29/h3-8,10-12,14-24H,9,13H2,1-2H3. The van der Waals surface area contributed by atoms with Crippen LogP contribution < -0.4 is 0 Å². The number of fused-ring (bicyclic) bond motifs is 5. The highest BCUT2D eigenvalue weighted by Crippen LogP contribution is 2.41. The maximum atomic E-state index is 5.19. The molecule has 0 atom stereocenters. The molecule has 4 heteroatoms. The van der Waals surface area contributed by atoms with Crippen molar-refractivity contribution in [3.8, 4) is 28.7 Å². The second-order valence-electron chi connectivity index (χ2n) is 11.3. The van der Waals surface area contributed by atoms with Crippen molar-refractivity contribution < 1.29 is 0 Å². The summed E-state index contributed by atoms with van der Waals surface area (Å²) in [7, 11) is 0. The fourth-order valence-corrected chi connectivity index (χ4v) is 6.52. The third kappa shape index (κ3) is 4.18. The molecule has 0 saturated carbocycles. The second kappa shape index (κ2) is 10.2. The number of hydrogen-bond donors (Lipinski definition) is 0. The fraction of sp³-hybridized carbons (Fsp3) is 0.103. The van der Waals surface area contributed by atoms with Crippen LogP contribution in [0.25, 0.3) is 66.9 Å². The molecule has 0 bridgehead atoms. The van der Waals surface area contributed by atoms with E-state index in [0.717, 1.165) is 35.0 Å². The lowest BCUT2D eigenvalue weighted by molar-refractivity contribution is 0.952. The van der Waals surface area contributed by atoms with Gasteiger partial charge in [-0.1, -0.05) is 127 Å². The van der Waals surface area contributed by atoms with Crippen molar-refractivity contribution in [2.75, 3.05) is 0 Å². The van der Waals surface area contributed by atoms with E-state index in [1.165, 1.54) is 43.8 Å². The van der Waals surface area contributed by atoms with Crippen molar-refractivity contribution in [2.24, 2.45) is 0 Å². The zero-order valence-electron chi connectivity index (χ0n) is 24.3. The van der Waals surface area contributed by atoms with Gasteiger partial charge in [0.05, 0.1) is 11.0 Å². The molecule has 206 valence electrons. The van der Waals surface area contributed by atoms with E-state index >= 15 is 0 Å². The van der Waals surface area contributed by atoms with Crippen LogP contribution in [0.1, 0.15) is 30.9 Å². The van der Waals surface area contributed by atoms with Crippen molar-refractivity contribution in [1.82, 2.24) is 19.5 Å². The van der Waals surface area contributed by atoms with Crippen LogP contribution in [0.5, 0.6) is 0 Å². The molecule has 2 heterocycles. The first kappa shape index (κ1) is 25.4. The number of hydrogen-bond acceptors (Lipinski definition) is 3. The zero-order valence-corrected chi connectivity index (χ0v) is 24.3. The van der Waals surface area contributed by atoms with E-state index in [1.807, 2.05) is 36.4 Å². The van der Waals surface area contributed by atoms with E-state index in [0.29, 0.717) is 17.6 Å². The number of nitrogens with zero attached hydrogens (tertiary/aromatic N) is 4. The first-order chi connectivity index (χ1) is 21.2. The van der Waals surface area contributed by atoms with Gasteiger partial charge in [0.25, 0.3) is 0 Å². The molecule has 8 rings (SSSR count). The number of rotatable bonds is 4. The van der Waals surface area contributed by atoms with Gasteiger partial charge in [0.1, 0.15) is 0 Å². The van der Waals surface area contributed by atoms with Crippen LogP contribution in [0.4, 0.5) is 0 Å². The molecule has 0 aliphatic heterocycles. The minimum Gasteiger partial charge on any atom is -0.277 e. The maximum Gasteiger partial charge on any atom is 0.238 e. The molecule has 1 aliphatic carbocycles. The average molecular weight is 555 g/mol. The van der Waals surface area contributed by atoms with Crippen molar-refractivity contribution >= 4 is 38.2 Å². The van der Waals surface area contributed by atoms with Gasteiger partial charge in [0, 0.05) is 27.3 Å². The zero-order chi connectivity index (χ0) is 28.9. The minimum atomic E-state index is 0.620. The largest absolute Gasteiger partial charge is 0.277 e. The van der Waals surface area contributed by atoms with E-state index in [2.05, 4.69) is 103 Å². The summed E-state index contributed by atoms with van der Waals surface area (Å²) in [5, 5.41) is 4.75. The van der Waals surface area contributed by atoms with Gasteiger partial charge in [-0.3, -0.25) is 4.57 Å². The predicted molar refractivity (Wildman–Crippen MR) is 178 cm³/mol. The van der Waals surface area contributed by atoms with Gasteiger partial charge < -0.3 is 0 Å². The van der Waals surface area contributed by atoms with Crippen LogP contribution in [0.15, 0.2) is 127 Å². The minimum absolute atomic E-state index is 0.620. The van der Waals surface area contributed by atoms with E-state index in [9.17, 15) is 0 Å². The van der Waals surface area contributed by atoms with Crippen molar-refractivity contribution in [3.63, 3.8) is 0 Å². The summed E-state index contributed by atoms with van der Waals surface area (Å²) in [6, 6.07) is 38.0. The average Bonchev–Trinajstić information content (AvgIpc) is 3.42. The third-order valence-electron chi connectivity index (χ3n) is 8.68. The lowest BCUT2D eigenvalue weighted by Crippen LogP contribution is -2.07. The summed E-state index contributed by atoms with van der Waals surface area (Å²) in [5.41, 5.74) is 9.39. The van der Waals surface area contributed by atoms with Gasteiger partial charge in [-0.25, -0.2) is 4.98 Å². The molecule has 0 N–H and O–H groups in total. The first-order valence-corrected chi connectivity index (χ1v) is 14.9. The van der Waals surface area contributed by atoms with E-state index in [-0.39, 0.29) is 0 Å². The molecule has 0 fully saturated rings. The molecule has 2 aromatic heterocycles. The Labute approximate surface area is 250 Å². The van der Waals surface area contributed by atoms with Gasteiger partial charge in [-0.05, 0) is 48.8 Å². The SMILES string of the molecule is CC1=C(c2ccc3c4ccc5ccccc5c4n(-c4nc(-c5ccccc5)nc(-c5ccccc5)n4)c3c2C)C=CCC1. The normalized spacial score (nSPS) is 13.4. The van der Waals surface area contributed by atoms with Crippen molar-refractivity contribution in [1.29, 1.82) is 0 Å². The third-order valence-corrected chi connectivity index (χ3v) is 8.68. The molecule has 4 nitrogen and oxygen atoms in total. The second-order valence-corrected chi connectivity index (χ2v) is 11.3. The Morgan fingerprint density at radius 1 is 0.581 bits per heavy atom. The Balaban J connectivity index is 1.53. The summed E-state index contributed by atoms with van der Waals surface area (Å²) in [6.07, 6.45) is 6.77. The number of allylic oxidation sites excluding steroid dienone is 4. The number of benzene rings is 5.